The van der Waals surface area contributed by atoms with Gasteiger partial charge in [0.2, 0.25) is 0 Å². The maximum Gasteiger partial charge on any atom is 0.170 e. The molecule has 2 rings (SSSR count). The second kappa shape index (κ2) is 7.26. The Kier molecular flexibility index (Phi) is 5.38. The van der Waals surface area contributed by atoms with E-state index in [0.717, 1.165) is 35.8 Å². The van der Waals surface area contributed by atoms with Crippen LogP contribution in [-0.4, -0.2) is 21.4 Å². The van der Waals surface area contributed by atoms with Gasteiger partial charge in [-0.3, -0.25) is 4.68 Å². The molecule has 2 N–H and O–H groups in total. The molecule has 0 radical (unpaired) electrons. The third-order valence-electron chi connectivity index (χ3n) is 2.92. The molecule has 2 aromatic rings. The van der Waals surface area contributed by atoms with Crippen molar-refractivity contribution in [1.82, 2.24) is 15.1 Å². The van der Waals surface area contributed by atoms with Crippen molar-refractivity contribution in [2.75, 3.05) is 11.9 Å². The Morgan fingerprint density at radius 1 is 1.40 bits per heavy atom. The Hall–Kier alpha value is -1.59. The summed E-state index contributed by atoms with van der Waals surface area (Å²) in [7, 11) is 0. The number of thiocarbonyl (C=S) groups is 1. The second-order valence-corrected chi connectivity index (χ2v) is 5.23. The highest BCUT2D eigenvalue weighted by atomic mass is 35.5. The number of benzene rings is 1. The van der Waals surface area contributed by atoms with Crippen LogP contribution < -0.4 is 10.6 Å². The number of anilines is 1. The molecule has 4 nitrogen and oxygen atoms in total. The number of nitrogens with one attached hydrogen (secondary N) is 2. The van der Waals surface area contributed by atoms with Crippen LogP contribution in [-0.2, 0) is 6.54 Å². The van der Waals surface area contributed by atoms with Crippen LogP contribution >= 0.6 is 23.8 Å². The average molecular weight is 309 g/mol. The molecule has 0 atom stereocenters. The molecular formula is C14H17ClN4S. The molecule has 0 aliphatic heterocycles. The molecule has 6 heteroatoms. The van der Waals surface area contributed by atoms with Crippen molar-refractivity contribution in [3.8, 4) is 0 Å². The first-order valence-electron chi connectivity index (χ1n) is 6.44. The van der Waals surface area contributed by atoms with Crippen molar-refractivity contribution in [2.45, 2.75) is 19.9 Å². The first kappa shape index (κ1) is 14.8. The van der Waals surface area contributed by atoms with E-state index in [4.69, 9.17) is 23.8 Å². The molecule has 0 fully saturated rings. The summed E-state index contributed by atoms with van der Waals surface area (Å²) >= 11 is 11.3. The molecule has 106 valence electrons. The maximum atomic E-state index is 6.07. The lowest BCUT2D eigenvalue weighted by Gasteiger charge is -2.13. The molecule has 0 bridgehead atoms. The summed E-state index contributed by atoms with van der Waals surface area (Å²) in [5.74, 6) is 0. The van der Waals surface area contributed by atoms with Crippen molar-refractivity contribution in [3.05, 3.63) is 47.2 Å². The lowest BCUT2D eigenvalue weighted by molar-refractivity contribution is 0.574. The van der Waals surface area contributed by atoms with Gasteiger partial charge in [-0.1, -0.05) is 17.7 Å². The highest BCUT2D eigenvalue weighted by Gasteiger charge is 2.03. The van der Waals surface area contributed by atoms with E-state index in [1.165, 1.54) is 0 Å². The van der Waals surface area contributed by atoms with Crippen molar-refractivity contribution < 1.29 is 0 Å². The summed E-state index contributed by atoms with van der Waals surface area (Å²) in [5.41, 5.74) is 1.93. The molecule has 0 unspecified atom stereocenters. The fraction of sp³-hybridized carbons (Fsp3) is 0.286. The topological polar surface area (TPSA) is 41.9 Å². The van der Waals surface area contributed by atoms with Crippen LogP contribution in [0.5, 0.6) is 0 Å². The Balaban J connectivity index is 1.74. The zero-order valence-corrected chi connectivity index (χ0v) is 12.8. The molecule has 0 spiro atoms. The largest absolute Gasteiger partial charge is 0.362 e. The third kappa shape index (κ3) is 4.21. The molecule has 1 heterocycles. The standard InChI is InChI=1S/C14H17ClN4S/c1-11-12(15)5-2-6-13(11)18-14(20)16-7-3-9-19-10-4-8-17-19/h2,4-6,8,10H,3,7,9H2,1H3,(H2,16,18,20). The van der Waals surface area contributed by atoms with Crippen molar-refractivity contribution >= 4 is 34.6 Å². The summed E-state index contributed by atoms with van der Waals surface area (Å²) in [5, 5.41) is 11.8. The Labute approximate surface area is 129 Å². The van der Waals surface area contributed by atoms with Gasteiger partial charge in [-0.05, 0) is 49.3 Å². The van der Waals surface area contributed by atoms with Gasteiger partial charge in [0.15, 0.2) is 5.11 Å². The van der Waals surface area contributed by atoms with Gasteiger partial charge in [-0.25, -0.2) is 0 Å². The summed E-state index contributed by atoms with van der Waals surface area (Å²) in [4.78, 5) is 0. The molecule has 1 aromatic heterocycles. The fourth-order valence-corrected chi connectivity index (χ4v) is 2.17. The third-order valence-corrected chi connectivity index (χ3v) is 3.58. The van der Waals surface area contributed by atoms with Crippen LogP contribution in [0.1, 0.15) is 12.0 Å². The minimum Gasteiger partial charge on any atom is -0.362 e. The van der Waals surface area contributed by atoms with Crippen LogP contribution in [0.2, 0.25) is 5.02 Å². The van der Waals surface area contributed by atoms with E-state index < -0.39 is 0 Å². The normalized spacial score (nSPS) is 10.3. The highest BCUT2D eigenvalue weighted by Crippen LogP contribution is 2.22. The van der Waals surface area contributed by atoms with E-state index in [0.29, 0.717) is 5.11 Å². The molecule has 0 saturated carbocycles. The number of aryl methyl sites for hydroxylation is 1. The van der Waals surface area contributed by atoms with Crippen LogP contribution in [0.4, 0.5) is 5.69 Å². The molecule has 0 aliphatic rings. The minimum absolute atomic E-state index is 0.607. The first-order chi connectivity index (χ1) is 9.66. The number of halogens is 1. The number of rotatable bonds is 5. The smallest absolute Gasteiger partial charge is 0.170 e. The zero-order valence-electron chi connectivity index (χ0n) is 11.3. The molecule has 0 aliphatic carbocycles. The van der Waals surface area contributed by atoms with Crippen molar-refractivity contribution in [3.63, 3.8) is 0 Å². The van der Waals surface area contributed by atoms with Gasteiger partial charge < -0.3 is 10.6 Å². The average Bonchev–Trinajstić information content (AvgIpc) is 2.93. The van der Waals surface area contributed by atoms with Crippen molar-refractivity contribution in [1.29, 1.82) is 0 Å². The molecule has 20 heavy (non-hydrogen) atoms. The van der Waals surface area contributed by atoms with Gasteiger partial charge in [0.25, 0.3) is 0 Å². The number of aromatic nitrogens is 2. The van der Waals surface area contributed by atoms with Gasteiger partial charge in [0, 0.05) is 36.2 Å². The van der Waals surface area contributed by atoms with Crippen LogP contribution in [0.15, 0.2) is 36.7 Å². The minimum atomic E-state index is 0.607. The van der Waals surface area contributed by atoms with E-state index in [9.17, 15) is 0 Å². The number of nitrogens with zero attached hydrogens (tertiary/aromatic N) is 2. The van der Waals surface area contributed by atoms with Gasteiger partial charge >= 0.3 is 0 Å². The summed E-state index contributed by atoms with van der Waals surface area (Å²) < 4.78 is 1.90. The number of hydrogen-bond acceptors (Lipinski definition) is 2. The SMILES string of the molecule is Cc1c(Cl)cccc1NC(=S)NCCCn1cccn1. The predicted octanol–water partition coefficient (Wildman–Crippen LogP) is 3.22. The summed E-state index contributed by atoms with van der Waals surface area (Å²) in [6.45, 7) is 3.63. The fourth-order valence-electron chi connectivity index (χ4n) is 1.79. The van der Waals surface area contributed by atoms with E-state index in [1.807, 2.05) is 42.1 Å². The van der Waals surface area contributed by atoms with Gasteiger partial charge in [0.05, 0.1) is 0 Å². The van der Waals surface area contributed by atoms with Crippen LogP contribution in [0, 0.1) is 6.92 Å². The van der Waals surface area contributed by atoms with E-state index in [1.54, 1.807) is 6.20 Å². The lowest BCUT2D eigenvalue weighted by Crippen LogP contribution is -2.30. The quantitative estimate of drug-likeness (QED) is 0.657. The second-order valence-electron chi connectivity index (χ2n) is 4.42. The van der Waals surface area contributed by atoms with Crippen LogP contribution in [0.25, 0.3) is 0 Å². The zero-order chi connectivity index (χ0) is 14.4. The van der Waals surface area contributed by atoms with Crippen molar-refractivity contribution in [2.24, 2.45) is 0 Å². The van der Waals surface area contributed by atoms with E-state index in [-0.39, 0.29) is 0 Å². The maximum absolute atomic E-state index is 6.07. The highest BCUT2D eigenvalue weighted by molar-refractivity contribution is 7.80. The van der Waals surface area contributed by atoms with Crippen LogP contribution in [0.3, 0.4) is 0 Å². The molecule has 1 aromatic carbocycles. The lowest BCUT2D eigenvalue weighted by atomic mass is 10.2. The Morgan fingerprint density at radius 3 is 3.00 bits per heavy atom. The van der Waals surface area contributed by atoms with Gasteiger partial charge in [0.1, 0.15) is 0 Å². The Bertz CT molecular complexity index is 569. The Morgan fingerprint density at radius 2 is 2.25 bits per heavy atom. The first-order valence-corrected chi connectivity index (χ1v) is 7.23. The molecule has 0 saturated heterocycles. The van der Waals surface area contributed by atoms with Gasteiger partial charge in [-0.2, -0.15) is 5.10 Å². The summed E-state index contributed by atoms with van der Waals surface area (Å²) in [6, 6.07) is 7.64. The van der Waals surface area contributed by atoms with E-state index in [2.05, 4.69) is 15.7 Å². The van der Waals surface area contributed by atoms with Gasteiger partial charge in [-0.15, -0.1) is 0 Å². The summed E-state index contributed by atoms with van der Waals surface area (Å²) in [6.07, 6.45) is 4.69. The van der Waals surface area contributed by atoms with E-state index >= 15 is 0 Å². The number of hydrogen-bond donors (Lipinski definition) is 2. The molecular weight excluding hydrogens is 292 g/mol. The monoisotopic (exact) mass is 308 g/mol. The molecule has 0 amide bonds. The predicted molar refractivity (Wildman–Crippen MR) is 87.3 cm³/mol.